The van der Waals surface area contributed by atoms with Gasteiger partial charge in [0, 0.05) is 23.7 Å². The third-order valence-corrected chi connectivity index (χ3v) is 3.61. The Bertz CT molecular complexity index is 875. The van der Waals surface area contributed by atoms with Crippen molar-refractivity contribution >= 4 is 11.6 Å². The van der Waals surface area contributed by atoms with Crippen molar-refractivity contribution in [2.75, 3.05) is 19.0 Å². The molecule has 3 rings (SSSR count). The monoisotopic (exact) mass is 353 g/mol. The van der Waals surface area contributed by atoms with E-state index in [1.165, 1.54) is 0 Å². The molecule has 0 aliphatic rings. The lowest BCUT2D eigenvalue weighted by atomic mass is 10.2. The highest BCUT2D eigenvalue weighted by Crippen LogP contribution is 2.21. The molecule has 0 radical (unpaired) electrons. The topological polar surface area (TPSA) is 86.5 Å². The van der Waals surface area contributed by atoms with Gasteiger partial charge in [-0.3, -0.25) is 4.79 Å². The van der Waals surface area contributed by atoms with Gasteiger partial charge in [0.15, 0.2) is 12.4 Å². The second-order valence-electron chi connectivity index (χ2n) is 5.46. The summed E-state index contributed by atoms with van der Waals surface area (Å²) >= 11 is 0. The van der Waals surface area contributed by atoms with Crippen molar-refractivity contribution in [3.8, 4) is 23.0 Å². The van der Waals surface area contributed by atoms with Crippen LogP contribution in [0.4, 0.5) is 5.69 Å². The van der Waals surface area contributed by atoms with E-state index >= 15 is 0 Å². The first-order valence-electron chi connectivity index (χ1n) is 8.17. The second kappa shape index (κ2) is 8.15. The molecule has 0 aliphatic heterocycles. The molecule has 0 spiro atoms. The smallest absolute Gasteiger partial charge is 0.262 e. The lowest BCUT2D eigenvalue weighted by Gasteiger charge is -2.08. The van der Waals surface area contributed by atoms with Gasteiger partial charge in [0.2, 0.25) is 0 Å². The highest BCUT2D eigenvalue weighted by Gasteiger charge is 2.09. The van der Waals surface area contributed by atoms with Gasteiger partial charge in [-0.1, -0.05) is 18.1 Å². The molecule has 0 aliphatic carbocycles. The summed E-state index contributed by atoms with van der Waals surface area (Å²) in [6.07, 6.45) is 0.715. The summed E-state index contributed by atoms with van der Waals surface area (Å²) < 4.78 is 15.8. The van der Waals surface area contributed by atoms with Gasteiger partial charge in [-0.25, -0.2) is 0 Å². The molecule has 0 bridgehead atoms. The van der Waals surface area contributed by atoms with Crippen molar-refractivity contribution in [2.45, 2.75) is 13.3 Å². The molecule has 0 saturated heterocycles. The predicted molar refractivity (Wildman–Crippen MR) is 96.2 cm³/mol. The van der Waals surface area contributed by atoms with Crippen molar-refractivity contribution in [3.05, 3.63) is 54.4 Å². The maximum absolute atomic E-state index is 12.0. The Morgan fingerprint density at radius 1 is 1.15 bits per heavy atom. The van der Waals surface area contributed by atoms with Gasteiger partial charge < -0.3 is 19.3 Å². The molecule has 0 saturated carbocycles. The van der Waals surface area contributed by atoms with Crippen LogP contribution in [0.25, 0.3) is 11.5 Å². The summed E-state index contributed by atoms with van der Waals surface area (Å²) in [5.74, 6) is 2.11. The lowest BCUT2D eigenvalue weighted by molar-refractivity contribution is -0.118. The quantitative estimate of drug-likeness (QED) is 0.701. The molecule has 1 aromatic heterocycles. The Labute approximate surface area is 150 Å². The number of amides is 1. The number of hydrogen-bond acceptors (Lipinski definition) is 6. The van der Waals surface area contributed by atoms with Crippen LogP contribution in [-0.4, -0.2) is 29.8 Å². The number of aromatic nitrogens is 2. The largest absolute Gasteiger partial charge is 0.497 e. The van der Waals surface area contributed by atoms with E-state index in [4.69, 9.17) is 14.0 Å². The van der Waals surface area contributed by atoms with Crippen LogP contribution in [0.15, 0.2) is 53.1 Å². The van der Waals surface area contributed by atoms with E-state index in [1.807, 2.05) is 19.1 Å². The number of aryl methyl sites for hydroxylation is 1. The van der Waals surface area contributed by atoms with Crippen LogP contribution in [0.1, 0.15) is 12.7 Å². The van der Waals surface area contributed by atoms with Crippen LogP contribution in [0, 0.1) is 0 Å². The molecule has 0 unspecified atom stereocenters. The van der Waals surface area contributed by atoms with Gasteiger partial charge in [-0.2, -0.15) is 4.98 Å². The number of ether oxygens (including phenoxy) is 2. The highest BCUT2D eigenvalue weighted by atomic mass is 16.5. The van der Waals surface area contributed by atoms with Gasteiger partial charge in [0.05, 0.1) is 7.11 Å². The van der Waals surface area contributed by atoms with Crippen LogP contribution in [0.2, 0.25) is 0 Å². The maximum atomic E-state index is 12.0. The molecule has 7 nitrogen and oxygen atoms in total. The van der Waals surface area contributed by atoms with E-state index in [0.29, 0.717) is 35.3 Å². The van der Waals surface area contributed by atoms with Crippen LogP contribution < -0.4 is 14.8 Å². The fourth-order valence-corrected chi connectivity index (χ4v) is 2.26. The van der Waals surface area contributed by atoms with E-state index in [2.05, 4.69) is 15.5 Å². The number of nitrogens with zero attached hydrogens (tertiary/aromatic N) is 2. The zero-order valence-electron chi connectivity index (χ0n) is 14.6. The van der Waals surface area contributed by atoms with Gasteiger partial charge in [0.25, 0.3) is 11.8 Å². The number of anilines is 1. The molecule has 2 aromatic carbocycles. The standard InChI is InChI=1S/C19H19N3O4/c1-3-17-21-19(26-22-17)13-7-9-15(10-8-13)25-12-18(23)20-14-5-4-6-16(11-14)24-2/h4-11H,3,12H2,1-2H3,(H,20,23). The molecule has 26 heavy (non-hydrogen) atoms. The second-order valence-corrected chi connectivity index (χ2v) is 5.46. The van der Waals surface area contributed by atoms with Gasteiger partial charge >= 0.3 is 0 Å². The summed E-state index contributed by atoms with van der Waals surface area (Å²) in [6, 6.07) is 14.3. The molecule has 1 heterocycles. The fourth-order valence-electron chi connectivity index (χ4n) is 2.26. The van der Waals surface area contributed by atoms with Crippen LogP contribution in [0.3, 0.4) is 0 Å². The Kier molecular flexibility index (Phi) is 5.48. The summed E-state index contributed by atoms with van der Waals surface area (Å²) in [5, 5.41) is 6.62. The van der Waals surface area contributed by atoms with Gasteiger partial charge in [0.1, 0.15) is 11.5 Å². The maximum Gasteiger partial charge on any atom is 0.262 e. The third-order valence-electron chi connectivity index (χ3n) is 3.61. The minimum Gasteiger partial charge on any atom is -0.497 e. The third kappa shape index (κ3) is 4.38. The van der Waals surface area contributed by atoms with Crippen LogP contribution >= 0.6 is 0 Å². The Morgan fingerprint density at radius 3 is 2.65 bits per heavy atom. The van der Waals surface area contributed by atoms with E-state index < -0.39 is 0 Å². The number of nitrogens with one attached hydrogen (secondary N) is 1. The molecular formula is C19H19N3O4. The SMILES string of the molecule is CCc1noc(-c2ccc(OCC(=O)Nc3cccc(OC)c3)cc2)n1. The van der Waals surface area contributed by atoms with Gasteiger partial charge in [-0.15, -0.1) is 0 Å². The highest BCUT2D eigenvalue weighted by molar-refractivity contribution is 5.92. The zero-order valence-corrected chi connectivity index (χ0v) is 14.6. The summed E-state index contributed by atoms with van der Waals surface area (Å²) in [7, 11) is 1.57. The van der Waals surface area contributed by atoms with E-state index in [-0.39, 0.29) is 12.5 Å². The molecule has 0 atom stereocenters. The normalized spacial score (nSPS) is 10.4. The van der Waals surface area contributed by atoms with Crippen LogP contribution in [0.5, 0.6) is 11.5 Å². The predicted octanol–water partition coefficient (Wildman–Crippen LogP) is 3.33. The first-order chi connectivity index (χ1) is 12.7. The zero-order chi connectivity index (χ0) is 18.4. The minimum atomic E-state index is -0.258. The number of methoxy groups -OCH3 is 1. The summed E-state index contributed by atoms with van der Waals surface area (Å²) in [6.45, 7) is 1.86. The van der Waals surface area contributed by atoms with Crippen molar-refractivity contribution < 1.29 is 18.8 Å². The van der Waals surface area contributed by atoms with Gasteiger partial charge in [-0.05, 0) is 36.4 Å². The number of carbonyl (C=O) groups is 1. The lowest BCUT2D eigenvalue weighted by Crippen LogP contribution is -2.20. The minimum absolute atomic E-state index is 0.100. The number of benzene rings is 2. The summed E-state index contributed by atoms with van der Waals surface area (Å²) in [4.78, 5) is 16.3. The number of carbonyl (C=O) groups excluding carboxylic acids is 1. The van der Waals surface area contributed by atoms with Crippen molar-refractivity contribution in [1.82, 2.24) is 10.1 Å². The van der Waals surface area contributed by atoms with Crippen LogP contribution in [-0.2, 0) is 11.2 Å². The molecule has 134 valence electrons. The molecule has 3 aromatic rings. The molecule has 1 amide bonds. The molecular weight excluding hydrogens is 334 g/mol. The number of rotatable bonds is 7. The average Bonchev–Trinajstić information content (AvgIpc) is 3.16. The number of hydrogen-bond donors (Lipinski definition) is 1. The molecule has 0 fully saturated rings. The fraction of sp³-hybridized carbons (Fsp3) is 0.211. The Balaban J connectivity index is 1.54. The first kappa shape index (κ1) is 17.5. The Hall–Kier alpha value is -3.35. The van der Waals surface area contributed by atoms with Crippen molar-refractivity contribution in [3.63, 3.8) is 0 Å². The summed E-state index contributed by atoms with van der Waals surface area (Å²) in [5.41, 5.74) is 1.45. The molecule has 7 heteroatoms. The average molecular weight is 353 g/mol. The van der Waals surface area contributed by atoms with Crippen molar-refractivity contribution in [1.29, 1.82) is 0 Å². The molecule has 1 N–H and O–H groups in total. The van der Waals surface area contributed by atoms with Crippen molar-refractivity contribution in [2.24, 2.45) is 0 Å². The van der Waals surface area contributed by atoms with E-state index in [0.717, 1.165) is 5.56 Å². The Morgan fingerprint density at radius 2 is 1.96 bits per heavy atom. The van der Waals surface area contributed by atoms with E-state index in [9.17, 15) is 4.79 Å². The first-order valence-corrected chi connectivity index (χ1v) is 8.17. The van der Waals surface area contributed by atoms with E-state index in [1.54, 1.807) is 43.5 Å².